The summed E-state index contributed by atoms with van der Waals surface area (Å²) in [6, 6.07) is 4.94. The average Bonchev–Trinajstić information content (AvgIpc) is 3.22. The van der Waals surface area contributed by atoms with Gasteiger partial charge in [0.25, 0.3) is 0 Å². The van der Waals surface area contributed by atoms with E-state index in [1.807, 2.05) is 4.90 Å². The zero-order valence-electron chi connectivity index (χ0n) is 18.0. The predicted molar refractivity (Wildman–Crippen MR) is 114 cm³/mol. The quantitative estimate of drug-likeness (QED) is 0.798. The van der Waals surface area contributed by atoms with Crippen molar-refractivity contribution < 1.29 is 19.1 Å². The second-order valence-electron chi connectivity index (χ2n) is 9.91. The van der Waals surface area contributed by atoms with E-state index in [0.29, 0.717) is 23.7 Å². The van der Waals surface area contributed by atoms with Crippen LogP contribution in [0.25, 0.3) is 0 Å². The largest absolute Gasteiger partial charge is 0.497 e. The van der Waals surface area contributed by atoms with Gasteiger partial charge in [-0.1, -0.05) is 0 Å². The van der Waals surface area contributed by atoms with Gasteiger partial charge in [-0.05, 0) is 81.3 Å². The monoisotopic (exact) mass is 412 g/mol. The zero-order valence-corrected chi connectivity index (χ0v) is 18.0. The van der Waals surface area contributed by atoms with E-state index < -0.39 is 6.04 Å². The predicted octanol–water partition coefficient (Wildman–Crippen LogP) is 3.85. The van der Waals surface area contributed by atoms with Crippen molar-refractivity contribution in [2.45, 2.75) is 57.4 Å². The number of carbonyl (C=O) groups is 2. The summed E-state index contributed by atoms with van der Waals surface area (Å²) < 4.78 is 10.7. The fourth-order valence-corrected chi connectivity index (χ4v) is 7.09. The Kier molecular flexibility index (Phi) is 4.91. The van der Waals surface area contributed by atoms with Crippen LogP contribution in [0, 0.1) is 23.2 Å². The molecule has 30 heavy (non-hydrogen) atoms. The summed E-state index contributed by atoms with van der Waals surface area (Å²) >= 11 is 0. The summed E-state index contributed by atoms with van der Waals surface area (Å²) in [6.45, 7) is 0.688. The molecule has 0 spiro atoms. The smallest absolute Gasteiger partial charge is 0.247 e. The first-order chi connectivity index (χ1) is 14.5. The molecule has 4 saturated carbocycles. The topological polar surface area (TPSA) is 67.9 Å². The van der Waals surface area contributed by atoms with Gasteiger partial charge in [-0.2, -0.15) is 0 Å². The third-order valence-electron chi connectivity index (χ3n) is 7.97. The van der Waals surface area contributed by atoms with E-state index in [2.05, 4.69) is 5.32 Å². The summed E-state index contributed by atoms with van der Waals surface area (Å²) in [5, 5.41) is 3.00. The van der Waals surface area contributed by atoms with E-state index in [9.17, 15) is 9.59 Å². The minimum absolute atomic E-state index is 0.128. The Hall–Kier alpha value is -2.24. The molecule has 0 aromatic heterocycles. The van der Waals surface area contributed by atoms with Crippen molar-refractivity contribution in [3.05, 3.63) is 18.2 Å². The van der Waals surface area contributed by atoms with Crippen molar-refractivity contribution in [1.29, 1.82) is 0 Å². The Labute approximate surface area is 178 Å². The number of amides is 2. The average molecular weight is 413 g/mol. The molecule has 0 radical (unpaired) electrons. The number of hydrogen-bond acceptors (Lipinski definition) is 4. The first kappa shape index (κ1) is 19.7. The molecule has 4 bridgehead atoms. The van der Waals surface area contributed by atoms with Crippen LogP contribution in [0.2, 0.25) is 0 Å². The maximum atomic E-state index is 13.8. The van der Waals surface area contributed by atoms with Crippen molar-refractivity contribution in [3.8, 4) is 11.5 Å². The summed E-state index contributed by atoms with van der Waals surface area (Å²) in [7, 11) is 3.17. The lowest BCUT2D eigenvalue weighted by Crippen LogP contribution is -2.56. The Balaban J connectivity index is 1.34. The fourth-order valence-electron chi connectivity index (χ4n) is 7.09. The van der Waals surface area contributed by atoms with Gasteiger partial charge in [-0.3, -0.25) is 9.59 Å². The number of anilines is 1. The van der Waals surface area contributed by atoms with Crippen LogP contribution in [0.3, 0.4) is 0 Å². The number of methoxy groups -OCH3 is 2. The van der Waals surface area contributed by atoms with Crippen LogP contribution in [-0.2, 0) is 9.59 Å². The third-order valence-corrected chi connectivity index (χ3v) is 7.97. The van der Waals surface area contributed by atoms with Gasteiger partial charge in [0.2, 0.25) is 11.8 Å². The maximum Gasteiger partial charge on any atom is 0.247 e. The number of likely N-dealkylation sites (tertiary alicyclic amines) is 1. The van der Waals surface area contributed by atoms with Gasteiger partial charge >= 0.3 is 0 Å². The second kappa shape index (κ2) is 7.47. The van der Waals surface area contributed by atoms with E-state index in [-0.39, 0.29) is 17.2 Å². The number of carbonyl (C=O) groups excluding carboxylic acids is 2. The molecule has 6 rings (SSSR count). The summed E-state index contributed by atoms with van der Waals surface area (Å²) in [4.78, 5) is 28.9. The highest BCUT2D eigenvalue weighted by Crippen LogP contribution is 2.60. The van der Waals surface area contributed by atoms with Crippen molar-refractivity contribution in [2.75, 3.05) is 26.1 Å². The molecule has 2 amide bonds. The lowest BCUT2D eigenvalue weighted by atomic mass is 9.49. The van der Waals surface area contributed by atoms with E-state index in [0.717, 1.165) is 49.9 Å². The first-order valence-electron chi connectivity index (χ1n) is 11.4. The van der Waals surface area contributed by atoms with Crippen LogP contribution in [0.4, 0.5) is 5.69 Å². The summed E-state index contributed by atoms with van der Waals surface area (Å²) in [5.74, 6) is 3.51. The van der Waals surface area contributed by atoms with Crippen LogP contribution >= 0.6 is 0 Å². The number of nitrogens with zero attached hydrogens (tertiary/aromatic N) is 1. The van der Waals surface area contributed by atoms with Gasteiger partial charge in [-0.15, -0.1) is 0 Å². The maximum absolute atomic E-state index is 13.8. The zero-order chi connectivity index (χ0) is 20.9. The molecule has 1 aliphatic heterocycles. The van der Waals surface area contributed by atoms with Gasteiger partial charge in [-0.25, -0.2) is 0 Å². The molecule has 6 nitrogen and oxygen atoms in total. The molecule has 1 N–H and O–H groups in total. The van der Waals surface area contributed by atoms with Crippen molar-refractivity contribution in [3.63, 3.8) is 0 Å². The summed E-state index contributed by atoms with van der Waals surface area (Å²) in [5.41, 5.74) is 0.376. The third kappa shape index (κ3) is 3.25. The Morgan fingerprint density at radius 2 is 1.70 bits per heavy atom. The first-order valence-corrected chi connectivity index (χ1v) is 11.4. The lowest BCUT2D eigenvalue weighted by molar-refractivity contribution is -0.160. The molecule has 5 fully saturated rings. The molecule has 6 heteroatoms. The van der Waals surface area contributed by atoms with Crippen molar-refractivity contribution in [1.82, 2.24) is 4.90 Å². The number of benzene rings is 1. The Morgan fingerprint density at radius 1 is 1.03 bits per heavy atom. The van der Waals surface area contributed by atoms with Crippen molar-refractivity contribution >= 4 is 17.5 Å². The van der Waals surface area contributed by atoms with Gasteiger partial charge < -0.3 is 19.7 Å². The Morgan fingerprint density at radius 3 is 2.30 bits per heavy atom. The van der Waals surface area contributed by atoms with Gasteiger partial charge in [0, 0.05) is 12.6 Å². The highest BCUT2D eigenvalue weighted by molar-refractivity contribution is 5.99. The lowest BCUT2D eigenvalue weighted by Gasteiger charge is -2.56. The minimum Gasteiger partial charge on any atom is -0.497 e. The molecule has 1 aromatic rings. The SMILES string of the molecule is COc1ccc(OC)c(NC(=O)[C@@H]2CCCN2C(=O)C23CC4CC(CC(C4)C2)C3)c1. The number of hydrogen-bond donors (Lipinski definition) is 1. The van der Waals surface area contributed by atoms with E-state index in [4.69, 9.17) is 9.47 Å². The van der Waals surface area contributed by atoms with Gasteiger partial charge in [0.1, 0.15) is 17.5 Å². The van der Waals surface area contributed by atoms with Crippen LogP contribution in [0.1, 0.15) is 51.4 Å². The van der Waals surface area contributed by atoms with Crippen LogP contribution in [-0.4, -0.2) is 43.5 Å². The number of ether oxygens (including phenoxy) is 2. The molecular formula is C24H32N2O4. The van der Waals surface area contributed by atoms with Crippen LogP contribution in [0.5, 0.6) is 11.5 Å². The molecule has 1 saturated heterocycles. The molecule has 1 heterocycles. The summed E-state index contributed by atoms with van der Waals surface area (Å²) in [6.07, 6.45) is 8.64. The number of nitrogens with one attached hydrogen (secondary N) is 1. The molecule has 0 unspecified atom stereocenters. The van der Waals surface area contributed by atoms with Gasteiger partial charge in [0.05, 0.1) is 25.3 Å². The van der Waals surface area contributed by atoms with Crippen LogP contribution in [0.15, 0.2) is 18.2 Å². The highest BCUT2D eigenvalue weighted by atomic mass is 16.5. The Bertz CT molecular complexity index is 816. The van der Waals surface area contributed by atoms with Crippen molar-refractivity contribution in [2.24, 2.45) is 23.2 Å². The highest BCUT2D eigenvalue weighted by Gasteiger charge is 2.56. The van der Waals surface area contributed by atoms with E-state index in [1.54, 1.807) is 32.4 Å². The standard InChI is InChI=1S/C24H32N2O4/c1-29-18-5-6-21(30-2)19(11-18)25-22(27)20-4-3-7-26(20)23(28)24-12-15-8-16(13-24)10-17(9-15)14-24/h5-6,11,15-17,20H,3-4,7-10,12-14H2,1-2H3,(H,25,27)/t15?,16?,17?,20-,24?/m0/s1. The second-order valence-corrected chi connectivity index (χ2v) is 9.91. The normalized spacial score (nSPS) is 34.1. The van der Waals surface area contributed by atoms with E-state index >= 15 is 0 Å². The minimum atomic E-state index is -0.401. The van der Waals surface area contributed by atoms with Crippen LogP contribution < -0.4 is 14.8 Å². The molecular weight excluding hydrogens is 380 g/mol. The molecule has 4 aliphatic carbocycles. The van der Waals surface area contributed by atoms with E-state index in [1.165, 1.54) is 19.3 Å². The fraction of sp³-hybridized carbons (Fsp3) is 0.667. The molecule has 5 aliphatic rings. The number of rotatable bonds is 5. The molecule has 162 valence electrons. The molecule has 1 atom stereocenters. The molecule has 1 aromatic carbocycles. The van der Waals surface area contributed by atoms with Gasteiger partial charge in [0.15, 0.2) is 0 Å².